The fraction of sp³-hybridized carbons (Fsp3) is 0.500. The number of nitrogens with two attached hydrogens (primary N) is 4. The van der Waals surface area contributed by atoms with Crippen LogP contribution in [0.2, 0.25) is 0 Å². The molecule has 0 aliphatic carbocycles. The Kier molecular flexibility index (Phi) is 16.3. The summed E-state index contributed by atoms with van der Waals surface area (Å²) in [5, 5.41) is 5.43. The molecule has 49 heavy (non-hydrogen) atoms. The Balaban J connectivity index is 1.68. The van der Waals surface area contributed by atoms with E-state index in [4.69, 9.17) is 32.4 Å². The number of hydrogen-bond acceptors (Lipinski definition) is 9. The molecule has 2 aromatic carbocycles. The lowest BCUT2D eigenvalue weighted by atomic mass is 10.1. The van der Waals surface area contributed by atoms with Crippen LogP contribution in [0.5, 0.6) is 5.75 Å². The molecule has 2 atom stereocenters. The third-order valence-electron chi connectivity index (χ3n) is 7.80. The highest BCUT2D eigenvalue weighted by atomic mass is 32.2. The average Bonchev–Trinajstić information content (AvgIpc) is 3.08. The SMILES string of the molecule is CCCCCCCN1c2ccccc2Sc2ccc(OCC(=O)N[C@@H](CCCN=C(N)N)C(=O)N[C@@H](CCCN=C(N)N)C(=O)OC)cc21. The maximum absolute atomic E-state index is 13.4. The van der Waals surface area contributed by atoms with Gasteiger partial charge in [0, 0.05) is 35.5 Å². The molecule has 3 rings (SSSR count). The summed E-state index contributed by atoms with van der Waals surface area (Å²) in [6.07, 6.45) is 7.09. The number of para-hydroxylation sites is 1. The fourth-order valence-electron chi connectivity index (χ4n) is 5.34. The van der Waals surface area contributed by atoms with E-state index in [-0.39, 0.29) is 44.5 Å². The minimum absolute atomic E-state index is 0.0702. The maximum atomic E-state index is 13.4. The summed E-state index contributed by atoms with van der Waals surface area (Å²) in [7, 11) is 1.23. The maximum Gasteiger partial charge on any atom is 0.328 e. The number of unbranched alkanes of at least 4 members (excludes halogenated alkanes) is 4. The topological polar surface area (TPSA) is 226 Å². The molecular formula is C34H51N9O5S. The van der Waals surface area contributed by atoms with Crippen LogP contribution in [0.4, 0.5) is 11.4 Å². The summed E-state index contributed by atoms with van der Waals surface area (Å²) >= 11 is 1.71. The lowest BCUT2D eigenvalue weighted by Gasteiger charge is -2.33. The quantitative estimate of drug-likeness (QED) is 0.0481. The van der Waals surface area contributed by atoms with Gasteiger partial charge in [0.2, 0.25) is 5.91 Å². The summed E-state index contributed by atoms with van der Waals surface area (Å²) in [6.45, 7) is 3.28. The first-order valence-corrected chi connectivity index (χ1v) is 17.5. The molecule has 0 aromatic heterocycles. The number of benzene rings is 2. The molecule has 0 fully saturated rings. The first kappa shape index (κ1) is 38.8. The van der Waals surface area contributed by atoms with Gasteiger partial charge in [0.05, 0.1) is 18.5 Å². The average molecular weight is 698 g/mol. The van der Waals surface area contributed by atoms with E-state index in [0.29, 0.717) is 18.6 Å². The normalized spacial score (nSPS) is 12.8. The van der Waals surface area contributed by atoms with E-state index in [1.807, 2.05) is 30.3 Å². The Bertz CT molecular complexity index is 1450. The summed E-state index contributed by atoms with van der Waals surface area (Å²) in [5.41, 5.74) is 23.8. The van der Waals surface area contributed by atoms with Crippen molar-refractivity contribution in [3.8, 4) is 5.75 Å². The first-order valence-electron chi connectivity index (χ1n) is 16.7. The third kappa shape index (κ3) is 13.0. The summed E-state index contributed by atoms with van der Waals surface area (Å²) in [4.78, 5) is 51.4. The first-order chi connectivity index (χ1) is 23.6. The third-order valence-corrected chi connectivity index (χ3v) is 8.93. The molecule has 0 saturated carbocycles. The van der Waals surface area contributed by atoms with Gasteiger partial charge in [-0.15, -0.1) is 0 Å². The Morgan fingerprint density at radius 2 is 1.47 bits per heavy atom. The lowest BCUT2D eigenvalue weighted by Crippen LogP contribution is -2.52. The van der Waals surface area contributed by atoms with Crippen molar-refractivity contribution in [3.05, 3.63) is 42.5 Å². The molecule has 0 spiro atoms. The number of carbonyl (C=O) groups excluding carboxylic acids is 3. The van der Waals surface area contributed by atoms with Gasteiger partial charge < -0.3 is 47.9 Å². The van der Waals surface area contributed by atoms with Crippen LogP contribution in [0.25, 0.3) is 0 Å². The molecule has 10 N–H and O–H groups in total. The number of ether oxygens (including phenoxy) is 2. The van der Waals surface area contributed by atoms with E-state index in [9.17, 15) is 14.4 Å². The van der Waals surface area contributed by atoms with Gasteiger partial charge >= 0.3 is 5.97 Å². The lowest BCUT2D eigenvalue weighted by molar-refractivity contribution is -0.145. The van der Waals surface area contributed by atoms with Crippen molar-refractivity contribution < 1.29 is 23.9 Å². The van der Waals surface area contributed by atoms with Crippen LogP contribution in [0.15, 0.2) is 62.2 Å². The number of anilines is 2. The number of hydrogen-bond donors (Lipinski definition) is 6. The molecule has 1 aliphatic heterocycles. The van der Waals surface area contributed by atoms with Crippen molar-refractivity contribution in [1.82, 2.24) is 10.6 Å². The molecule has 0 saturated heterocycles. The van der Waals surface area contributed by atoms with Crippen molar-refractivity contribution in [3.63, 3.8) is 0 Å². The largest absolute Gasteiger partial charge is 0.484 e. The van der Waals surface area contributed by atoms with Crippen LogP contribution >= 0.6 is 11.8 Å². The number of guanidine groups is 2. The predicted molar refractivity (Wildman–Crippen MR) is 194 cm³/mol. The zero-order valence-corrected chi connectivity index (χ0v) is 29.3. The number of nitrogens with zero attached hydrogens (tertiary/aromatic N) is 3. The zero-order chi connectivity index (χ0) is 35.6. The van der Waals surface area contributed by atoms with Crippen LogP contribution in [0.1, 0.15) is 64.7 Å². The number of aliphatic imine (C=N–C) groups is 2. The van der Waals surface area contributed by atoms with Gasteiger partial charge in [-0.1, -0.05) is 56.5 Å². The molecular weight excluding hydrogens is 646 g/mol. The fourth-order valence-corrected chi connectivity index (χ4v) is 6.41. The molecule has 0 unspecified atom stereocenters. The van der Waals surface area contributed by atoms with Gasteiger partial charge in [0.1, 0.15) is 17.8 Å². The number of methoxy groups -OCH3 is 1. The molecule has 2 aromatic rings. The molecule has 1 aliphatic rings. The van der Waals surface area contributed by atoms with Gasteiger partial charge in [-0.25, -0.2) is 4.79 Å². The summed E-state index contributed by atoms with van der Waals surface area (Å²) < 4.78 is 10.8. The molecule has 15 heteroatoms. The number of esters is 1. The van der Waals surface area contributed by atoms with Gasteiger partial charge in [-0.3, -0.25) is 19.6 Å². The molecule has 2 amide bonds. The van der Waals surface area contributed by atoms with Gasteiger partial charge in [-0.2, -0.15) is 0 Å². The Morgan fingerprint density at radius 1 is 0.816 bits per heavy atom. The van der Waals surface area contributed by atoms with Crippen molar-refractivity contribution >= 4 is 52.8 Å². The van der Waals surface area contributed by atoms with Crippen molar-refractivity contribution in [2.75, 3.05) is 38.3 Å². The smallest absolute Gasteiger partial charge is 0.328 e. The van der Waals surface area contributed by atoms with E-state index in [0.717, 1.165) is 35.7 Å². The van der Waals surface area contributed by atoms with Crippen LogP contribution in [-0.4, -0.2) is 75.1 Å². The molecule has 268 valence electrons. The highest BCUT2D eigenvalue weighted by Gasteiger charge is 2.28. The van der Waals surface area contributed by atoms with Gasteiger partial charge in [0.15, 0.2) is 18.5 Å². The highest BCUT2D eigenvalue weighted by Crippen LogP contribution is 2.49. The van der Waals surface area contributed by atoms with Crippen LogP contribution in [0.3, 0.4) is 0 Å². The minimum atomic E-state index is -0.991. The Labute approximate surface area is 292 Å². The van der Waals surface area contributed by atoms with Crippen LogP contribution in [-0.2, 0) is 19.1 Å². The Hall–Kier alpha value is -4.66. The predicted octanol–water partition coefficient (Wildman–Crippen LogP) is 2.89. The number of fused-ring (bicyclic) bond motifs is 2. The van der Waals surface area contributed by atoms with E-state index in [1.165, 1.54) is 31.3 Å². The molecule has 0 bridgehead atoms. The number of rotatable bonds is 21. The molecule has 14 nitrogen and oxygen atoms in total. The van der Waals surface area contributed by atoms with Crippen molar-refractivity contribution in [1.29, 1.82) is 0 Å². The number of nitrogens with one attached hydrogen (secondary N) is 2. The van der Waals surface area contributed by atoms with Gasteiger partial charge in [0.25, 0.3) is 5.91 Å². The minimum Gasteiger partial charge on any atom is -0.484 e. The van der Waals surface area contributed by atoms with Crippen molar-refractivity contribution in [2.24, 2.45) is 32.9 Å². The summed E-state index contributed by atoms with van der Waals surface area (Å²) in [5.74, 6) is -1.31. The van der Waals surface area contributed by atoms with Gasteiger partial charge in [-0.05, 0) is 56.4 Å². The van der Waals surface area contributed by atoms with E-state index < -0.39 is 29.9 Å². The van der Waals surface area contributed by atoms with Crippen molar-refractivity contribution in [2.45, 2.75) is 86.6 Å². The van der Waals surface area contributed by atoms with Crippen LogP contribution in [0, 0.1) is 0 Å². The molecule has 0 radical (unpaired) electrons. The number of amides is 2. The second-order valence-electron chi connectivity index (χ2n) is 11.7. The zero-order valence-electron chi connectivity index (χ0n) is 28.5. The second kappa shape index (κ2) is 20.6. The van der Waals surface area contributed by atoms with E-state index in [1.54, 1.807) is 11.8 Å². The standard InChI is InChI=1S/C34H51N9O5S/c1-3-4-5-6-9-20-43-26-14-7-8-15-28(26)49-29-17-16-23(21-27(29)43)48-22-30(44)41-24(12-10-18-39-33(35)36)31(45)42-25(32(46)47-2)13-11-19-40-34(37)38/h7-8,14-17,21,24-25H,3-6,9-13,18-20,22H2,1-2H3,(H,41,44)(H,42,45)(H4,35,36,39)(H4,37,38,40)/t24-,25-/m0/s1. The monoisotopic (exact) mass is 697 g/mol. The van der Waals surface area contributed by atoms with E-state index in [2.05, 4.69) is 44.6 Å². The number of carbonyl (C=O) groups is 3. The van der Waals surface area contributed by atoms with Crippen LogP contribution < -0.4 is 43.2 Å². The highest BCUT2D eigenvalue weighted by molar-refractivity contribution is 7.99. The van der Waals surface area contributed by atoms with E-state index >= 15 is 0 Å². The Morgan fingerprint density at radius 3 is 2.14 bits per heavy atom. The summed E-state index contributed by atoms with van der Waals surface area (Å²) in [6, 6.07) is 12.2. The molecule has 1 heterocycles. The second-order valence-corrected chi connectivity index (χ2v) is 12.7.